The fraction of sp³-hybridized carbons (Fsp3) is 0.421. The van der Waals surface area contributed by atoms with Crippen molar-refractivity contribution in [1.82, 2.24) is 15.1 Å². The summed E-state index contributed by atoms with van der Waals surface area (Å²) >= 11 is 0. The molecule has 2 aromatic rings. The van der Waals surface area contributed by atoms with Crippen molar-refractivity contribution in [2.24, 2.45) is 5.92 Å². The van der Waals surface area contributed by atoms with Gasteiger partial charge < -0.3 is 10.1 Å². The third-order valence-electron chi connectivity index (χ3n) is 3.83. The first-order valence-corrected chi connectivity index (χ1v) is 8.45. The topological polar surface area (TPSA) is 73.2 Å². The predicted molar refractivity (Wildman–Crippen MR) is 95.3 cm³/mol. The molecule has 0 saturated heterocycles. The van der Waals surface area contributed by atoms with Crippen LogP contribution in [0.5, 0.6) is 0 Å². The van der Waals surface area contributed by atoms with Crippen molar-refractivity contribution >= 4 is 11.9 Å². The molecular weight excluding hydrogens is 318 g/mol. The number of nitrogens with one attached hydrogen (secondary N) is 1. The molecule has 0 fully saturated rings. The molecule has 0 saturated carbocycles. The van der Waals surface area contributed by atoms with E-state index < -0.39 is 12.0 Å². The molecule has 0 unspecified atom stereocenters. The van der Waals surface area contributed by atoms with Crippen molar-refractivity contribution in [3.8, 4) is 5.69 Å². The van der Waals surface area contributed by atoms with Gasteiger partial charge in [0.05, 0.1) is 19.0 Å². The Kier molecular flexibility index (Phi) is 6.74. The fourth-order valence-corrected chi connectivity index (χ4v) is 2.56. The largest absolute Gasteiger partial charge is 0.467 e. The van der Waals surface area contributed by atoms with E-state index in [4.69, 9.17) is 4.74 Å². The van der Waals surface area contributed by atoms with Crippen LogP contribution in [0.4, 0.5) is 0 Å². The van der Waals surface area contributed by atoms with E-state index in [1.54, 1.807) is 10.9 Å². The smallest absolute Gasteiger partial charge is 0.328 e. The zero-order valence-corrected chi connectivity index (χ0v) is 14.9. The monoisotopic (exact) mass is 343 g/mol. The summed E-state index contributed by atoms with van der Waals surface area (Å²) in [6.45, 7) is 4.00. The van der Waals surface area contributed by atoms with Gasteiger partial charge >= 0.3 is 5.97 Å². The first-order chi connectivity index (χ1) is 12.0. The van der Waals surface area contributed by atoms with E-state index >= 15 is 0 Å². The number of hydrogen-bond acceptors (Lipinski definition) is 4. The van der Waals surface area contributed by atoms with Crippen LogP contribution >= 0.6 is 0 Å². The zero-order chi connectivity index (χ0) is 18.2. The van der Waals surface area contributed by atoms with Crippen LogP contribution in [0.2, 0.25) is 0 Å². The van der Waals surface area contributed by atoms with Crippen molar-refractivity contribution in [3.63, 3.8) is 0 Å². The summed E-state index contributed by atoms with van der Waals surface area (Å²) in [4.78, 5) is 23.9. The van der Waals surface area contributed by atoms with E-state index in [2.05, 4.69) is 10.4 Å². The molecule has 0 spiro atoms. The number of amides is 1. The van der Waals surface area contributed by atoms with Gasteiger partial charge in [-0.15, -0.1) is 0 Å². The number of aromatic nitrogens is 2. The maximum absolute atomic E-state index is 12.2. The number of ether oxygens (including phenoxy) is 1. The minimum absolute atomic E-state index is 0.163. The van der Waals surface area contributed by atoms with E-state index in [1.807, 2.05) is 50.4 Å². The molecule has 134 valence electrons. The summed E-state index contributed by atoms with van der Waals surface area (Å²) in [7, 11) is 1.33. The molecule has 0 bridgehead atoms. The molecule has 1 amide bonds. The van der Waals surface area contributed by atoms with Crippen molar-refractivity contribution in [3.05, 3.63) is 48.3 Å². The highest BCUT2D eigenvalue weighted by molar-refractivity contribution is 5.84. The molecular formula is C19H25N3O3. The van der Waals surface area contributed by atoms with Crippen LogP contribution in [0.1, 0.15) is 32.3 Å². The number of aryl methyl sites for hydroxylation is 1. The Morgan fingerprint density at radius 2 is 1.96 bits per heavy atom. The molecule has 1 aromatic heterocycles. The van der Waals surface area contributed by atoms with Crippen molar-refractivity contribution in [2.45, 2.75) is 39.2 Å². The molecule has 0 radical (unpaired) electrons. The SMILES string of the molecule is COC(=O)[C@H](CC(C)C)NC(=O)CCc1cnn(-c2ccccc2)c1. The lowest BCUT2D eigenvalue weighted by molar-refractivity contribution is -0.145. The molecule has 1 heterocycles. The van der Waals surface area contributed by atoms with Crippen LogP contribution in [0, 0.1) is 5.92 Å². The van der Waals surface area contributed by atoms with Crippen LogP contribution < -0.4 is 5.32 Å². The van der Waals surface area contributed by atoms with Crippen molar-refractivity contribution in [1.29, 1.82) is 0 Å². The Morgan fingerprint density at radius 1 is 1.24 bits per heavy atom. The number of esters is 1. The van der Waals surface area contributed by atoms with Gasteiger partial charge in [0.2, 0.25) is 5.91 Å². The highest BCUT2D eigenvalue weighted by Gasteiger charge is 2.22. The van der Waals surface area contributed by atoms with E-state index in [0.717, 1.165) is 11.3 Å². The van der Waals surface area contributed by atoms with Crippen LogP contribution in [0.15, 0.2) is 42.7 Å². The lowest BCUT2D eigenvalue weighted by Crippen LogP contribution is -2.42. The molecule has 0 aliphatic heterocycles. The number of carbonyl (C=O) groups excluding carboxylic acids is 2. The van der Waals surface area contributed by atoms with E-state index in [-0.39, 0.29) is 11.8 Å². The minimum Gasteiger partial charge on any atom is -0.467 e. The molecule has 0 aliphatic rings. The molecule has 0 aliphatic carbocycles. The van der Waals surface area contributed by atoms with Crippen molar-refractivity contribution < 1.29 is 14.3 Å². The van der Waals surface area contributed by atoms with Gasteiger partial charge in [-0.3, -0.25) is 4.79 Å². The second kappa shape index (κ2) is 9.01. The number of hydrogen-bond donors (Lipinski definition) is 1. The average Bonchev–Trinajstić information content (AvgIpc) is 3.08. The molecule has 2 rings (SSSR count). The summed E-state index contributed by atoms with van der Waals surface area (Å²) in [5.41, 5.74) is 1.94. The third kappa shape index (κ3) is 5.74. The van der Waals surface area contributed by atoms with Gasteiger partial charge in [-0.1, -0.05) is 32.0 Å². The van der Waals surface area contributed by atoms with Crippen LogP contribution in [0.3, 0.4) is 0 Å². The first-order valence-electron chi connectivity index (χ1n) is 8.45. The van der Waals surface area contributed by atoms with Gasteiger partial charge in [0, 0.05) is 12.6 Å². The number of nitrogens with zero attached hydrogens (tertiary/aromatic N) is 2. The quantitative estimate of drug-likeness (QED) is 0.748. The summed E-state index contributed by atoms with van der Waals surface area (Å²) in [5.74, 6) is -0.282. The van der Waals surface area contributed by atoms with E-state index in [1.165, 1.54) is 7.11 Å². The Morgan fingerprint density at radius 3 is 2.60 bits per heavy atom. The summed E-state index contributed by atoms with van der Waals surface area (Å²) in [6.07, 6.45) is 5.09. The fourth-order valence-electron chi connectivity index (χ4n) is 2.56. The molecule has 6 heteroatoms. The maximum atomic E-state index is 12.2. The van der Waals surface area contributed by atoms with Gasteiger partial charge in [0.25, 0.3) is 0 Å². The zero-order valence-electron chi connectivity index (χ0n) is 14.9. The molecule has 25 heavy (non-hydrogen) atoms. The second-order valence-corrected chi connectivity index (χ2v) is 6.40. The van der Waals surface area contributed by atoms with Crippen molar-refractivity contribution in [2.75, 3.05) is 7.11 Å². The van der Waals surface area contributed by atoms with Gasteiger partial charge in [-0.05, 0) is 36.5 Å². The number of benzene rings is 1. The lowest BCUT2D eigenvalue weighted by atomic mass is 10.0. The number of carbonyl (C=O) groups is 2. The predicted octanol–water partition coefficient (Wildman–Crippen LogP) is 2.51. The van der Waals surface area contributed by atoms with Gasteiger partial charge in [0.15, 0.2) is 0 Å². The Hall–Kier alpha value is -2.63. The number of para-hydroxylation sites is 1. The molecule has 1 N–H and O–H groups in total. The minimum atomic E-state index is -0.593. The normalized spacial score (nSPS) is 12.0. The van der Waals surface area contributed by atoms with Crippen LogP contribution in [-0.4, -0.2) is 34.8 Å². The Labute approximate surface area is 148 Å². The van der Waals surface area contributed by atoms with E-state index in [9.17, 15) is 9.59 Å². The number of methoxy groups -OCH3 is 1. The Bertz CT molecular complexity index is 695. The van der Waals surface area contributed by atoms with Gasteiger partial charge in [-0.25, -0.2) is 9.48 Å². The third-order valence-corrected chi connectivity index (χ3v) is 3.83. The summed E-state index contributed by atoms with van der Waals surface area (Å²) in [6, 6.07) is 9.20. The maximum Gasteiger partial charge on any atom is 0.328 e. The van der Waals surface area contributed by atoms with Crippen LogP contribution in [-0.2, 0) is 20.7 Å². The lowest BCUT2D eigenvalue weighted by Gasteiger charge is -2.18. The highest BCUT2D eigenvalue weighted by atomic mass is 16.5. The van der Waals surface area contributed by atoms with Gasteiger partial charge in [0.1, 0.15) is 6.04 Å². The summed E-state index contributed by atoms with van der Waals surface area (Å²) in [5, 5.41) is 7.08. The van der Waals surface area contributed by atoms with Gasteiger partial charge in [-0.2, -0.15) is 5.10 Å². The second-order valence-electron chi connectivity index (χ2n) is 6.40. The first kappa shape index (κ1) is 18.7. The molecule has 6 nitrogen and oxygen atoms in total. The van der Waals surface area contributed by atoms with E-state index in [0.29, 0.717) is 19.3 Å². The Balaban J connectivity index is 1.89. The van der Waals surface area contributed by atoms with Crippen LogP contribution in [0.25, 0.3) is 5.69 Å². The molecule has 1 aromatic carbocycles. The number of rotatable bonds is 8. The average molecular weight is 343 g/mol. The standard InChI is InChI=1S/C19H25N3O3/c1-14(2)11-17(19(24)25-3)21-18(23)10-9-15-12-20-22(13-15)16-7-5-4-6-8-16/h4-8,12-14,17H,9-11H2,1-3H3,(H,21,23)/t17-/m0/s1. The highest BCUT2D eigenvalue weighted by Crippen LogP contribution is 2.10. The molecule has 1 atom stereocenters. The summed E-state index contributed by atoms with van der Waals surface area (Å²) < 4.78 is 6.54.